The van der Waals surface area contributed by atoms with Gasteiger partial charge < -0.3 is 10.6 Å². The molecule has 4 heterocycles. The Hall–Kier alpha value is -4.03. The number of allylic oxidation sites excluding steroid dienone is 1. The third kappa shape index (κ3) is 3.82. The minimum Gasteiger partial charge on any atom is -0.369 e. The predicted octanol–water partition coefficient (Wildman–Crippen LogP) is 3.38. The molecule has 5 rings (SSSR count). The van der Waals surface area contributed by atoms with Crippen molar-refractivity contribution in [1.29, 1.82) is 5.26 Å². The predicted molar refractivity (Wildman–Crippen MR) is 133 cm³/mol. The van der Waals surface area contributed by atoms with E-state index in [1.165, 1.54) is 15.7 Å². The molecule has 8 nitrogen and oxygen atoms in total. The van der Waals surface area contributed by atoms with Crippen LogP contribution in [0.25, 0.3) is 27.5 Å². The number of hydrogen-bond acceptors (Lipinski definition) is 7. The maximum absolute atomic E-state index is 13.6. The molecule has 0 unspecified atom stereocenters. The van der Waals surface area contributed by atoms with Gasteiger partial charge in [-0.05, 0) is 49.6 Å². The first kappa shape index (κ1) is 21.8. The van der Waals surface area contributed by atoms with E-state index in [0.29, 0.717) is 53.5 Å². The fourth-order valence-corrected chi connectivity index (χ4v) is 5.25. The Morgan fingerprint density at radius 1 is 1.21 bits per heavy atom. The number of nitriles is 1. The van der Waals surface area contributed by atoms with Crippen molar-refractivity contribution in [3.63, 3.8) is 0 Å². The number of benzene rings is 1. The van der Waals surface area contributed by atoms with Crippen LogP contribution in [0.15, 0.2) is 47.4 Å². The lowest BCUT2D eigenvalue weighted by Gasteiger charge is -2.32. The molecule has 34 heavy (non-hydrogen) atoms. The number of aryl methyl sites for hydroxylation is 1. The number of carbonyl (C=O) groups is 1. The standard InChI is InChI=1S/C25H22N6O2S/c1-15-5-4-10-31-22(15)29-23(30-11-8-16(9-12-30)21(27)32)18(25(31)33)13-17(14-26)24-28-19-6-2-3-7-20(19)34-24/h2-7,10,13,16H,8-9,11-12H2,1H3,(H2,27,32)/b17-13+. The zero-order valence-electron chi connectivity index (χ0n) is 18.6. The van der Waals surface area contributed by atoms with E-state index in [0.717, 1.165) is 15.8 Å². The van der Waals surface area contributed by atoms with Gasteiger partial charge in [-0.25, -0.2) is 9.97 Å². The van der Waals surface area contributed by atoms with Gasteiger partial charge in [-0.15, -0.1) is 11.3 Å². The van der Waals surface area contributed by atoms with Gasteiger partial charge in [0.05, 0.1) is 21.4 Å². The highest BCUT2D eigenvalue weighted by Gasteiger charge is 2.27. The smallest absolute Gasteiger partial charge is 0.267 e. The number of pyridine rings is 1. The summed E-state index contributed by atoms with van der Waals surface area (Å²) in [7, 11) is 0. The minimum atomic E-state index is -0.301. The summed E-state index contributed by atoms with van der Waals surface area (Å²) in [6.07, 6.45) is 4.46. The lowest BCUT2D eigenvalue weighted by atomic mass is 9.96. The summed E-state index contributed by atoms with van der Waals surface area (Å²) in [5, 5.41) is 10.5. The molecular formula is C25H22N6O2S. The van der Waals surface area contributed by atoms with Gasteiger partial charge in [0.1, 0.15) is 22.5 Å². The number of anilines is 1. The Bertz CT molecular complexity index is 1520. The number of amides is 1. The molecule has 1 aliphatic rings. The topological polar surface area (TPSA) is 117 Å². The van der Waals surface area contributed by atoms with E-state index in [-0.39, 0.29) is 17.4 Å². The number of fused-ring (bicyclic) bond motifs is 2. The average molecular weight is 471 g/mol. The van der Waals surface area contributed by atoms with Gasteiger partial charge in [0.2, 0.25) is 5.91 Å². The molecule has 4 aromatic rings. The normalized spacial score (nSPS) is 15.1. The summed E-state index contributed by atoms with van der Waals surface area (Å²) in [6.45, 7) is 3.00. The lowest BCUT2D eigenvalue weighted by Crippen LogP contribution is -2.40. The third-order valence-corrected chi connectivity index (χ3v) is 7.26. The van der Waals surface area contributed by atoms with Crippen molar-refractivity contribution in [2.24, 2.45) is 11.7 Å². The van der Waals surface area contributed by atoms with Crippen molar-refractivity contribution in [2.45, 2.75) is 19.8 Å². The van der Waals surface area contributed by atoms with E-state index in [2.05, 4.69) is 11.1 Å². The fourth-order valence-electron chi connectivity index (χ4n) is 4.32. The highest BCUT2D eigenvalue weighted by molar-refractivity contribution is 7.19. The van der Waals surface area contributed by atoms with Crippen LogP contribution in [0, 0.1) is 24.2 Å². The van der Waals surface area contributed by atoms with E-state index >= 15 is 0 Å². The largest absolute Gasteiger partial charge is 0.369 e. The number of thiazole rings is 1. The van der Waals surface area contributed by atoms with Crippen molar-refractivity contribution < 1.29 is 4.79 Å². The molecule has 3 aromatic heterocycles. The molecule has 9 heteroatoms. The van der Waals surface area contributed by atoms with E-state index in [1.54, 1.807) is 18.3 Å². The fraction of sp³-hybridized carbons (Fsp3) is 0.240. The molecule has 0 spiro atoms. The molecular weight excluding hydrogens is 448 g/mol. The summed E-state index contributed by atoms with van der Waals surface area (Å²) < 4.78 is 2.48. The number of rotatable bonds is 4. The first-order valence-corrected chi connectivity index (χ1v) is 11.8. The average Bonchev–Trinajstić information content (AvgIpc) is 3.28. The maximum atomic E-state index is 13.6. The summed E-state index contributed by atoms with van der Waals surface area (Å²) >= 11 is 1.41. The van der Waals surface area contributed by atoms with Gasteiger partial charge in [0.25, 0.3) is 5.56 Å². The molecule has 170 valence electrons. The first-order chi connectivity index (χ1) is 16.5. The van der Waals surface area contributed by atoms with Crippen LogP contribution in [0.3, 0.4) is 0 Å². The number of carbonyl (C=O) groups excluding carboxylic acids is 1. The minimum absolute atomic E-state index is 0.184. The van der Waals surface area contributed by atoms with E-state index in [4.69, 9.17) is 10.7 Å². The van der Waals surface area contributed by atoms with E-state index in [9.17, 15) is 14.9 Å². The van der Waals surface area contributed by atoms with Crippen LogP contribution in [-0.4, -0.2) is 33.4 Å². The van der Waals surface area contributed by atoms with Crippen LogP contribution in [0.2, 0.25) is 0 Å². The van der Waals surface area contributed by atoms with Gasteiger partial charge in [0.15, 0.2) is 0 Å². The van der Waals surface area contributed by atoms with Gasteiger partial charge in [-0.3, -0.25) is 14.0 Å². The number of aromatic nitrogens is 3. The SMILES string of the molecule is Cc1cccn2c(=O)c(/C=C(\C#N)c3nc4ccccc4s3)c(N3CCC(C(N)=O)CC3)nc12. The number of nitrogens with zero attached hydrogens (tertiary/aromatic N) is 5. The first-order valence-electron chi connectivity index (χ1n) is 11.0. The van der Waals surface area contributed by atoms with Crippen molar-refractivity contribution >= 4 is 50.6 Å². The Kier molecular flexibility index (Phi) is 5.59. The van der Waals surface area contributed by atoms with Crippen LogP contribution < -0.4 is 16.2 Å². The van der Waals surface area contributed by atoms with Crippen molar-refractivity contribution in [3.8, 4) is 6.07 Å². The van der Waals surface area contributed by atoms with E-state index in [1.807, 2.05) is 42.2 Å². The number of piperidine rings is 1. The van der Waals surface area contributed by atoms with Gasteiger partial charge in [0, 0.05) is 25.2 Å². The third-order valence-electron chi connectivity index (χ3n) is 6.19. The van der Waals surface area contributed by atoms with Gasteiger partial charge >= 0.3 is 0 Å². The maximum Gasteiger partial charge on any atom is 0.267 e. The zero-order chi connectivity index (χ0) is 23.8. The van der Waals surface area contributed by atoms with E-state index < -0.39 is 0 Å². The summed E-state index contributed by atoms with van der Waals surface area (Å²) in [5.41, 5.74) is 8.13. The summed E-state index contributed by atoms with van der Waals surface area (Å²) in [4.78, 5) is 36.7. The van der Waals surface area contributed by atoms with Gasteiger partial charge in [-0.2, -0.15) is 5.26 Å². The van der Waals surface area contributed by atoms with Gasteiger partial charge in [-0.1, -0.05) is 18.2 Å². The molecule has 0 radical (unpaired) electrons. The summed E-state index contributed by atoms with van der Waals surface area (Å²) in [6, 6.07) is 13.6. The number of para-hydroxylation sites is 1. The molecule has 2 N–H and O–H groups in total. The zero-order valence-corrected chi connectivity index (χ0v) is 19.4. The molecule has 1 aromatic carbocycles. The Balaban J connectivity index is 1.68. The molecule has 0 aliphatic carbocycles. The highest BCUT2D eigenvalue weighted by Crippen LogP contribution is 2.30. The number of hydrogen-bond donors (Lipinski definition) is 1. The Labute approximate surface area is 199 Å². The molecule has 1 amide bonds. The second-order valence-corrected chi connectivity index (χ2v) is 9.39. The van der Waals surface area contributed by atoms with Crippen LogP contribution >= 0.6 is 11.3 Å². The molecule has 0 saturated carbocycles. The van der Waals surface area contributed by atoms with Crippen LogP contribution in [0.1, 0.15) is 29.0 Å². The van der Waals surface area contributed by atoms with Crippen molar-refractivity contribution in [3.05, 3.63) is 69.1 Å². The van der Waals surface area contributed by atoms with Crippen molar-refractivity contribution in [1.82, 2.24) is 14.4 Å². The van der Waals surface area contributed by atoms with Crippen LogP contribution in [-0.2, 0) is 4.79 Å². The number of nitrogens with two attached hydrogens (primary N) is 1. The van der Waals surface area contributed by atoms with Crippen LogP contribution in [0.5, 0.6) is 0 Å². The Morgan fingerprint density at radius 2 is 1.97 bits per heavy atom. The van der Waals surface area contributed by atoms with Crippen LogP contribution in [0.4, 0.5) is 5.82 Å². The molecule has 1 aliphatic heterocycles. The summed E-state index contributed by atoms with van der Waals surface area (Å²) in [5.74, 6) is 0.0248. The Morgan fingerprint density at radius 3 is 2.68 bits per heavy atom. The quantitative estimate of drug-likeness (QED) is 0.457. The molecule has 1 fully saturated rings. The number of primary amides is 1. The molecule has 1 saturated heterocycles. The second-order valence-electron chi connectivity index (χ2n) is 8.36. The van der Waals surface area contributed by atoms with Crippen molar-refractivity contribution in [2.75, 3.05) is 18.0 Å². The lowest BCUT2D eigenvalue weighted by molar-refractivity contribution is -0.122. The monoisotopic (exact) mass is 470 g/mol. The molecule has 0 bridgehead atoms. The second kappa shape index (κ2) is 8.72. The molecule has 0 atom stereocenters. The highest BCUT2D eigenvalue weighted by atomic mass is 32.1.